The molecular weight excluding hydrogens is 418 g/mol. The second-order valence-corrected chi connectivity index (χ2v) is 11.2. The van der Waals surface area contributed by atoms with Gasteiger partial charge in [0.15, 0.2) is 0 Å². The first-order valence-corrected chi connectivity index (χ1v) is 11.7. The topological polar surface area (TPSA) is 30.7 Å². The van der Waals surface area contributed by atoms with Gasteiger partial charge in [-0.3, -0.25) is 0 Å². The van der Waals surface area contributed by atoms with Crippen LogP contribution in [0.25, 0.3) is 15.3 Å². The average molecular weight is 442 g/mol. The predicted octanol–water partition coefficient (Wildman–Crippen LogP) is 6.33. The number of aromatic nitrogens is 3. The van der Waals surface area contributed by atoms with Crippen molar-refractivity contribution < 1.29 is 0 Å². The monoisotopic (exact) mass is 441 g/mol. The highest BCUT2D eigenvalue weighted by atomic mass is 79.9. The summed E-state index contributed by atoms with van der Waals surface area (Å²) in [5.41, 5.74) is 5.25. The summed E-state index contributed by atoms with van der Waals surface area (Å²) in [6.45, 7) is 4.14. The van der Waals surface area contributed by atoms with E-state index in [1.165, 1.54) is 43.2 Å². The fraction of sp³-hybridized carbons (Fsp3) is 0.545. The maximum Gasteiger partial charge on any atom is 0.211 e. The van der Waals surface area contributed by atoms with Crippen LogP contribution >= 0.6 is 27.3 Å². The highest BCUT2D eigenvalue weighted by Gasteiger charge is 2.51. The Morgan fingerprint density at radius 3 is 2.30 bits per heavy atom. The molecule has 4 fully saturated rings. The first-order chi connectivity index (χ1) is 13.0. The molecule has 0 amide bonds. The van der Waals surface area contributed by atoms with E-state index in [1.807, 2.05) is 11.6 Å². The van der Waals surface area contributed by atoms with E-state index in [-0.39, 0.29) is 0 Å². The van der Waals surface area contributed by atoms with Gasteiger partial charge in [-0.05, 0) is 115 Å². The Kier molecular flexibility index (Phi) is 3.51. The number of rotatable bonds is 2. The summed E-state index contributed by atoms with van der Waals surface area (Å²) in [7, 11) is 0. The highest BCUT2D eigenvalue weighted by molar-refractivity contribution is 9.10. The van der Waals surface area contributed by atoms with Gasteiger partial charge in [0.25, 0.3) is 0 Å². The third-order valence-electron chi connectivity index (χ3n) is 7.28. The lowest BCUT2D eigenvalue weighted by atomic mass is 9.48. The molecule has 0 radical (unpaired) electrons. The van der Waals surface area contributed by atoms with Gasteiger partial charge in [-0.2, -0.15) is 5.10 Å². The van der Waals surface area contributed by atoms with E-state index in [4.69, 9.17) is 4.98 Å². The number of nitrogens with zero attached hydrogens (tertiary/aromatic N) is 3. The van der Waals surface area contributed by atoms with Gasteiger partial charge in [0.2, 0.25) is 5.13 Å². The molecule has 27 heavy (non-hydrogen) atoms. The lowest BCUT2D eigenvalue weighted by Gasteiger charge is -2.57. The first kappa shape index (κ1) is 16.7. The third kappa shape index (κ3) is 2.50. The molecule has 7 rings (SSSR count). The van der Waals surface area contributed by atoms with E-state index in [9.17, 15) is 0 Å². The molecule has 2 heterocycles. The Morgan fingerprint density at radius 2 is 1.70 bits per heavy atom. The maximum atomic E-state index is 4.92. The summed E-state index contributed by atoms with van der Waals surface area (Å²) in [6, 6.07) is 6.96. The summed E-state index contributed by atoms with van der Waals surface area (Å²) >= 11 is 5.62. The van der Waals surface area contributed by atoms with Crippen molar-refractivity contribution in [3.8, 4) is 5.13 Å². The smallest absolute Gasteiger partial charge is 0.211 e. The van der Waals surface area contributed by atoms with Crippen molar-refractivity contribution in [2.24, 2.45) is 17.8 Å². The molecule has 0 unspecified atom stereocenters. The molecule has 4 saturated carbocycles. The molecule has 1 aromatic carbocycles. The van der Waals surface area contributed by atoms with Crippen LogP contribution in [-0.4, -0.2) is 14.8 Å². The summed E-state index contributed by atoms with van der Waals surface area (Å²) in [5, 5.41) is 5.60. The van der Waals surface area contributed by atoms with Gasteiger partial charge in [0.05, 0.1) is 15.9 Å². The van der Waals surface area contributed by atoms with Gasteiger partial charge < -0.3 is 0 Å². The van der Waals surface area contributed by atoms with Gasteiger partial charge in [-0.25, -0.2) is 9.67 Å². The molecule has 140 valence electrons. The fourth-order valence-electron chi connectivity index (χ4n) is 6.66. The zero-order valence-corrected chi connectivity index (χ0v) is 18.2. The maximum absolute atomic E-state index is 4.92. The second-order valence-electron chi connectivity index (χ2n) is 9.34. The molecule has 0 saturated heterocycles. The van der Waals surface area contributed by atoms with Crippen molar-refractivity contribution in [3.63, 3.8) is 0 Å². The standard InChI is InChI=1S/C22H24BrN3S/c1-12-3-13(2)26(25-12)21-24-20-18(23)7-17(8-19(20)27-21)22-9-14-4-15(10-22)6-16(5-14)11-22/h3,7-8,14-16H,4-6,9-11H2,1-2H3. The quantitative estimate of drug-likeness (QED) is 0.464. The molecule has 5 heteroatoms. The van der Waals surface area contributed by atoms with Crippen LogP contribution in [0.15, 0.2) is 22.7 Å². The molecule has 0 aliphatic heterocycles. The van der Waals surface area contributed by atoms with Gasteiger partial charge >= 0.3 is 0 Å². The Bertz CT molecular complexity index is 1030. The third-order valence-corrected chi connectivity index (χ3v) is 8.86. The largest absolute Gasteiger partial charge is 0.217 e. The van der Waals surface area contributed by atoms with E-state index in [1.54, 1.807) is 16.9 Å². The van der Waals surface area contributed by atoms with Crippen LogP contribution in [0.2, 0.25) is 0 Å². The van der Waals surface area contributed by atoms with Gasteiger partial charge in [-0.1, -0.05) is 11.3 Å². The first-order valence-electron chi connectivity index (χ1n) is 10.1. The normalized spacial score (nSPS) is 31.9. The van der Waals surface area contributed by atoms with E-state index < -0.39 is 0 Å². The van der Waals surface area contributed by atoms with Crippen LogP contribution in [0, 0.1) is 31.6 Å². The number of hydrogen-bond acceptors (Lipinski definition) is 3. The number of hydrogen-bond donors (Lipinski definition) is 0. The lowest BCUT2D eigenvalue weighted by Crippen LogP contribution is -2.48. The number of halogens is 1. The van der Waals surface area contributed by atoms with Crippen molar-refractivity contribution in [1.29, 1.82) is 0 Å². The fourth-order valence-corrected chi connectivity index (χ4v) is 8.38. The van der Waals surface area contributed by atoms with Crippen LogP contribution in [0.3, 0.4) is 0 Å². The number of fused-ring (bicyclic) bond motifs is 1. The van der Waals surface area contributed by atoms with Crippen LogP contribution in [-0.2, 0) is 5.41 Å². The van der Waals surface area contributed by atoms with E-state index in [0.717, 1.165) is 44.3 Å². The Balaban J connectivity index is 1.47. The SMILES string of the molecule is Cc1cc(C)n(-c2nc3c(Br)cc(C45CC6CC(CC(C6)C4)C5)cc3s2)n1. The lowest BCUT2D eigenvalue weighted by molar-refractivity contribution is -0.00514. The van der Waals surface area contributed by atoms with Gasteiger partial charge in [-0.15, -0.1) is 0 Å². The van der Waals surface area contributed by atoms with E-state index in [2.05, 4.69) is 46.2 Å². The summed E-state index contributed by atoms with van der Waals surface area (Å²) in [4.78, 5) is 4.92. The minimum atomic E-state index is 0.424. The second kappa shape index (κ2) is 5.66. The van der Waals surface area contributed by atoms with Gasteiger partial charge in [0.1, 0.15) is 0 Å². The summed E-state index contributed by atoms with van der Waals surface area (Å²) < 4.78 is 4.42. The van der Waals surface area contributed by atoms with Crippen LogP contribution < -0.4 is 0 Å². The molecule has 0 atom stereocenters. The minimum Gasteiger partial charge on any atom is -0.217 e. The zero-order chi connectivity index (χ0) is 18.3. The van der Waals surface area contributed by atoms with E-state index in [0.29, 0.717) is 5.41 Å². The Labute approximate surface area is 172 Å². The molecule has 2 aromatic heterocycles. The van der Waals surface area contributed by atoms with Crippen molar-refractivity contribution in [1.82, 2.24) is 14.8 Å². The Hall–Kier alpha value is -1.20. The van der Waals surface area contributed by atoms with Crippen molar-refractivity contribution in [2.75, 3.05) is 0 Å². The van der Waals surface area contributed by atoms with Crippen LogP contribution in [0.4, 0.5) is 0 Å². The molecular formula is C22H24BrN3S. The van der Waals surface area contributed by atoms with Crippen molar-refractivity contribution in [3.05, 3.63) is 39.6 Å². The molecule has 4 aliphatic carbocycles. The van der Waals surface area contributed by atoms with Crippen LogP contribution in [0.5, 0.6) is 0 Å². The number of benzene rings is 1. The highest BCUT2D eigenvalue weighted by Crippen LogP contribution is 2.61. The van der Waals surface area contributed by atoms with Crippen LogP contribution in [0.1, 0.15) is 55.5 Å². The van der Waals surface area contributed by atoms with Crippen molar-refractivity contribution >= 4 is 37.5 Å². The molecule has 3 nitrogen and oxygen atoms in total. The minimum absolute atomic E-state index is 0.424. The molecule has 0 N–H and O–H groups in total. The number of aryl methyl sites for hydroxylation is 2. The predicted molar refractivity (Wildman–Crippen MR) is 114 cm³/mol. The average Bonchev–Trinajstić information content (AvgIpc) is 3.16. The molecule has 3 aromatic rings. The Morgan fingerprint density at radius 1 is 1.04 bits per heavy atom. The summed E-state index contributed by atoms with van der Waals surface area (Å²) in [5.74, 6) is 2.91. The molecule has 4 bridgehead atoms. The van der Waals surface area contributed by atoms with Gasteiger partial charge in [0, 0.05) is 10.2 Å². The molecule has 4 aliphatic rings. The van der Waals surface area contributed by atoms with Crippen molar-refractivity contribution in [2.45, 2.75) is 57.8 Å². The summed E-state index contributed by atoms with van der Waals surface area (Å²) in [6.07, 6.45) is 8.68. The van der Waals surface area contributed by atoms with E-state index >= 15 is 0 Å². The number of thiazole rings is 1. The molecule has 0 spiro atoms. The zero-order valence-electron chi connectivity index (χ0n) is 15.8.